The summed E-state index contributed by atoms with van der Waals surface area (Å²) in [6, 6.07) is 14.6. The lowest BCUT2D eigenvalue weighted by molar-refractivity contribution is 0.304. The highest BCUT2D eigenvalue weighted by molar-refractivity contribution is 14.1. The van der Waals surface area contributed by atoms with Crippen molar-refractivity contribution in [3.05, 3.63) is 46.0 Å². The summed E-state index contributed by atoms with van der Waals surface area (Å²) in [5.41, 5.74) is 4.34. The number of halogens is 1. The lowest BCUT2D eigenvalue weighted by Gasteiger charge is -2.18. The molecular formula is C17H18IN3O. The molecule has 0 saturated heterocycles. The molecule has 1 N–H and O–H groups in total. The summed E-state index contributed by atoms with van der Waals surface area (Å²) in [4.78, 5) is 6.77. The van der Waals surface area contributed by atoms with Gasteiger partial charge in [0.2, 0.25) is 0 Å². The number of benzene rings is 2. The fourth-order valence-electron chi connectivity index (χ4n) is 2.57. The van der Waals surface area contributed by atoms with Crippen LogP contribution in [-0.4, -0.2) is 34.9 Å². The van der Waals surface area contributed by atoms with E-state index in [4.69, 9.17) is 10.1 Å². The average Bonchev–Trinajstić information content (AvgIpc) is 2.84. The van der Waals surface area contributed by atoms with Crippen molar-refractivity contribution in [3.8, 4) is 11.4 Å². The van der Waals surface area contributed by atoms with E-state index in [0.29, 0.717) is 6.54 Å². The van der Waals surface area contributed by atoms with Crippen molar-refractivity contribution in [2.75, 3.05) is 25.1 Å². The molecule has 0 atom stereocenters. The number of aliphatic hydroxyl groups excluding tert-OH is 1. The fraction of sp³-hybridized carbons (Fsp3) is 0.235. The first kappa shape index (κ1) is 15.3. The van der Waals surface area contributed by atoms with Crippen LogP contribution in [0.1, 0.15) is 0 Å². The minimum atomic E-state index is 0.154. The normalized spacial score (nSPS) is 11.1. The third kappa shape index (κ3) is 2.83. The molecule has 0 fully saturated rings. The van der Waals surface area contributed by atoms with E-state index in [1.165, 1.54) is 3.57 Å². The number of fused-ring (bicyclic) bond motifs is 1. The fourth-order valence-corrected chi connectivity index (χ4v) is 3.04. The van der Waals surface area contributed by atoms with Gasteiger partial charge in [-0.05, 0) is 65.1 Å². The van der Waals surface area contributed by atoms with Crippen LogP contribution in [0.5, 0.6) is 0 Å². The Kier molecular flexibility index (Phi) is 4.35. The number of nitrogens with zero attached hydrogens (tertiary/aromatic N) is 3. The number of likely N-dealkylation sites (N-methyl/N-ethyl adjacent to an activating group) is 1. The molecule has 0 saturated carbocycles. The van der Waals surface area contributed by atoms with Crippen LogP contribution in [0.2, 0.25) is 0 Å². The van der Waals surface area contributed by atoms with Crippen molar-refractivity contribution < 1.29 is 5.11 Å². The molecule has 0 spiro atoms. The monoisotopic (exact) mass is 407 g/mol. The van der Waals surface area contributed by atoms with Crippen molar-refractivity contribution in [1.29, 1.82) is 0 Å². The maximum atomic E-state index is 9.01. The van der Waals surface area contributed by atoms with E-state index in [-0.39, 0.29) is 6.61 Å². The maximum absolute atomic E-state index is 9.01. The van der Waals surface area contributed by atoms with Crippen LogP contribution in [0.3, 0.4) is 0 Å². The average molecular weight is 407 g/mol. The van der Waals surface area contributed by atoms with Gasteiger partial charge in [0.15, 0.2) is 0 Å². The Morgan fingerprint density at radius 2 is 1.91 bits per heavy atom. The summed E-state index contributed by atoms with van der Waals surface area (Å²) in [5, 5.41) is 9.01. The summed E-state index contributed by atoms with van der Waals surface area (Å²) in [6.07, 6.45) is 0. The van der Waals surface area contributed by atoms with Crippen LogP contribution < -0.4 is 4.90 Å². The summed E-state index contributed by atoms with van der Waals surface area (Å²) < 4.78 is 3.34. The second-order valence-electron chi connectivity index (χ2n) is 5.32. The van der Waals surface area contributed by atoms with Crippen molar-refractivity contribution >= 4 is 39.3 Å². The van der Waals surface area contributed by atoms with E-state index in [1.54, 1.807) is 0 Å². The molecule has 0 aliphatic heterocycles. The standard InChI is InChI=1S/C17H18IN3O/c1-20(9-10-22)14-6-3-12(4-7-14)17-19-15-8-5-13(18)11-16(15)21(17)2/h3-8,11,22H,9-10H2,1-2H3. The minimum Gasteiger partial charge on any atom is -0.395 e. The zero-order chi connectivity index (χ0) is 15.7. The van der Waals surface area contributed by atoms with Gasteiger partial charge < -0.3 is 14.6 Å². The smallest absolute Gasteiger partial charge is 0.140 e. The lowest BCUT2D eigenvalue weighted by Crippen LogP contribution is -2.20. The molecule has 0 aliphatic rings. The topological polar surface area (TPSA) is 41.3 Å². The summed E-state index contributed by atoms with van der Waals surface area (Å²) in [7, 11) is 4.02. The summed E-state index contributed by atoms with van der Waals surface area (Å²) in [6.45, 7) is 0.783. The van der Waals surface area contributed by atoms with E-state index in [2.05, 4.69) is 69.6 Å². The molecule has 4 nitrogen and oxygen atoms in total. The zero-order valence-electron chi connectivity index (χ0n) is 12.6. The van der Waals surface area contributed by atoms with Crippen molar-refractivity contribution in [2.45, 2.75) is 0 Å². The van der Waals surface area contributed by atoms with Gasteiger partial charge in [0.05, 0.1) is 17.6 Å². The molecular weight excluding hydrogens is 389 g/mol. The van der Waals surface area contributed by atoms with Gasteiger partial charge in [0.1, 0.15) is 5.82 Å². The number of aryl methyl sites for hydroxylation is 1. The van der Waals surface area contributed by atoms with Crippen molar-refractivity contribution in [3.63, 3.8) is 0 Å². The van der Waals surface area contributed by atoms with Crippen LogP contribution in [0, 0.1) is 3.57 Å². The van der Waals surface area contributed by atoms with Gasteiger partial charge in [-0.15, -0.1) is 0 Å². The molecule has 3 rings (SSSR count). The molecule has 2 aromatic carbocycles. The molecule has 114 valence electrons. The lowest BCUT2D eigenvalue weighted by atomic mass is 10.2. The Balaban J connectivity index is 1.99. The van der Waals surface area contributed by atoms with E-state index in [0.717, 1.165) is 28.1 Å². The molecule has 0 amide bonds. The number of imidazole rings is 1. The molecule has 0 aliphatic carbocycles. The quantitative estimate of drug-likeness (QED) is 0.676. The van der Waals surface area contributed by atoms with Gasteiger partial charge in [-0.1, -0.05) is 0 Å². The number of rotatable bonds is 4. The predicted octanol–water partition coefficient (Wildman–Crippen LogP) is 3.27. The number of anilines is 1. The summed E-state index contributed by atoms with van der Waals surface area (Å²) in [5.74, 6) is 0.966. The number of hydrogen-bond acceptors (Lipinski definition) is 3. The van der Waals surface area contributed by atoms with Gasteiger partial charge in [0.25, 0.3) is 0 Å². The Labute approximate surface area is 143 Å². The van der Waals surface area contributed by atoms with Crippen LogP contribution in [0.15, 0.2) is 42.5 Å². The first-order valence-corrected chi connectivity index (χ1v) is 8.22. The number of hydrogen-bond donors (Lipinski definition) is 1. The third-order valence-electron chi connectivity index (χ3n) is 3.84. The van der Waals surface area contributed by atoms with E-state index >= 15 is 0 Å². The summed E-state index contributed by atoms with van der Waals surface area (Å²) >= 11 is 2.32. The molecule has 1 aromatic heterocycles. The van der Waals surface area contributed by atoms with Gasteiger partial charge in [0, 0.05) is 35.5 Å². The van der Waals surface area contributed by atoms with Gasteiger partial charge in [-0.3, -0.25) is 0 Å². The largest absolute Gasteiger partial charge is 0.395 e. The molecule has 22 heavy (non-hydrogen) atoms. The number of aromatic nitrogens is 2. The van der Waals surface area contributed by atoms with Gasteiger partial charge in [-0.2, -0.15) is 0 Å². The zero-order valence-corrected chi connectivity index (χ0v) is 14.8. The van der Waals surface area contributed by atoms with Crippen LogP contribution in [0.25, 0.3) is 22.4 Å². The Bertz CT molecular complexity index is 796. The van der Waals surface area contributed by atoms with Crippen LogP contribution in [-0.2, 0) is 7.05 Å². The second-order valence-corrected chi connectivity index (χ2v) is 6.57. The predicted molar refractivity (Wildman–Crippen MR) is 99.2 cm³/mol. The third-order valence-corrected chi connectivity index (χ3v) is 4.52. The minimum absolute atomic E-state index is 0.154. The first-order valence-electron chi connectivity index (χ1n) is 7.14. The van der Waals surface area contributed by atoms with Gasteiger partial charge in [-0.25, -0.2) is 4.98 Å². The van der Waals surface area contributed by atoms with E-state index < -0.39 is 0 Å². The SMILES string of the molecule is CN(CCO)c1ccc(-c2nc3ccc(I)cc3n2C)cc1. The molecule has 3 aromatic rings. The van der Waals surface area contributed by atoms with E-state index in [1.807, 2.05) is 19.0 Å². The van der Waals surface area contributed by atoms with Crippen molar-refractivity contribution in [1.82, 2.24) is 9.55 Å². The highest BCUT2D eigenvalue weighted by atomic mass is 127. The van der Waals surface area contributed by atoms with Crippen LogP contribution >= 0.6 is 22.6 Å². The molecule has 0 unspecified atom stereocenters. The van der Waals surface area contributed by atoms with Gasteiger partial charge >= 0.3 is 0 Å². The van der Waals surface area contributed by atoms with Crippen LogP contribution in [0.4, 0.5) is 5.69 Å². The maximum Gasteiger partial charge on any atom is 0.140 e. The Morgan fingerprint density at radius 1 is 1.18 bits per heavy atom. The first-order chi connectivity index (χ1) is 10.6. The Hall–Kier alpha value is -1.60. The molecule has 0 radical (unpaired) electrons. The molecule has 1 heterocycles. The molecule has 0 bridgehead atoms. The second kappa shape index (κ2) is 6.26. The number of aliphatic hydroxyl groups is 1. The van der Waals surface area contributed by atoms with Crippen molar-refractivity contribution in [2.24, 2.45) is 7.05 Å². The van der Waals surface area contributed by atoms with E-state index in [9.17, 15) is 0 Å². The highest BCUT2D eigenvalue weighted by Crippen LogP contribution is 2.26. The molecule has 5 heteroatoms. The highest BCUT2D eigenvalue weighted by Gasteiger charge is 2.10. The Morgan fingerprint density at radius 3 is 2.59 bits per heavy atom.